The first-order chi connectivity index (χ1) is 19.6. The first-order valence-corrected chi connectivity index (χ1v) is 14.1. The molecule has 208 valence electrons. The molecule has 1 atom stereocenters. The number of carbonyl (C=O) groups is 1. The van der Waals surface area contributed by atoms with Crippen molar-refractivity contribution in [1.82, 2.24) is 14.4 Å². The highest BCUT2D eigenvalue weighted by molar-refractivity contribution is 5.87. The largest absolute Gasteiger partial charge is 0.497 e. The van der Waals surface area contributed by atoms with Gasteiger partial charge in [-0.2, -0.15) is 0 Å². The normalized spacial score (nSPS) is 15.0. The van der Waals surface area contributed by atoms with E-state index < -0.39 is 0 Å². The lowest BCUT2D eigenvalue weighted by atomic mass is 9.87. The third-order valence-electron chi connectivity index (χ3n) is 7.89. The number of hydrogen-bond donors (Lipinski definition) is 0. The van der Waals surface area contributed by atoms with E-state index in [0.717, 1.165) is 61.9 Å². The number of rotatable bonds is 10. The highest BCUT2D eigenvalue weighted by atomic mass is 16.5. The van der Waals surface area contributed by atoms with Gasteiger partial charge in [0.1, 0.15) is 11.5 Å². The third-order valence-corrected chi connectivity index (χ3v) is 7.89. The Hall–Kier alpha value is -4.03. The van der Waals surface area contributed by atoms with Gasteiger partial charge in [0.25, 0.3) is 0 Å². The average Bonchev–Trinajstić information content (AvgIpc) is 3.39. The molecule has 1 aliphatic heterocycles. The smallest absolute Gasteiger partial charge is 0.223 e. The fraction of sp³-hybridized carbons (Fsp3) is 0.324. The minimum Gasteiger partial charge on any atom is -0.497 e. The molecular weight excluding hydrogens is 498 g/mol. The van der Waals surface area contributed by atoms with Crippen LogP contribution in [-0.2, 0) is 11.3 Å². The van der Waals surface area contributed by atoms with Crippen LogP contribution in [-0.4, -0.2) is 67.2 Å². The van der Waals surface area contributed by atoms with E-state index in [4.69, 9.17) is 9.47 Å². The van der Waals surface area contributed by atoms with Gasteiger partial charge in [0.2, 0.25) is 5.91 Å². The summed E-state index contributed by atoms with van der Waals surface area (Å²) in [7, 11) is 3.33. The zero-order valence-electron chi connectivity index (χ0n) is 23.8. The van der Waals surface area contributed by atoms with Crippen molar-refractivity contribution in [2.45, 2.75) is 25.8 Å². The molecule has 5 rings (SSSR count). The fourth-order valence-electron chi connectivity index (χ4n) is 5.64. The molecule has 0 spiro atoms. The minimum absolute atomic E-state index is 0.124. The van der Waals surface area contributed by atoms with E-state index in [0.29, 0.717) is 6.42 Å². The molecule has 1 amide bonds. The molecule has 1 aliphatic rings. The maximum absolute atomic E-state index is 13.8. The highest BCUT2D eigenvalue weighted by Crippen LogP contribution is 2.38. The molecule has 0 radical (unpaired) electrons. The Morgan fingerprint density at radius 1 is 0.900 bits per heavy atom. The molecule has 0 saturated carbocycles. The summed E-state index contributed by atoms with van der Waals surface area (Å²) < 4.78 is 13.5. The molecule has 0 bridgehead atoms. The summed E-state index contributed by atoms with van der Waals surface area (Å²) in [6.45, 7) is 7.13. The van der Waals surface area contributed by atoms with E-state index in [1.54, 1.807) is 14.2 Å². The standard InChI is InChI=1S/C34H39N3O3/c1-4-36-25-32(30-14-8-9-15-33(30)36)31(27-21-28(39-2)23-29(22-27)40-3)24-34(38)37-19-17-35(18-20-37)16-10-13-26-11-6-5-7-12-26/h5-15,21-23,25,31H,4,16-20,24H2,1-3H3/b13-10+. The molecule has 2 heterocycles. The van der Waals surface area contributed by atoms with Gasteiger partial charge in [-0.3, -0.25) is 9.69 Å². The van der Waals surface area contributed by atoms with Crippen LogP contribution in [0.1, 0.15) is 36.0 Å². The lowest BCUT2D eigenvalue weighted by Gasteiger charge is -2.35. The van der Waals surface area contributed by atoms with Crippen molar-refractivity contribution >= 4 is 22.9 Å². The number of piperazine rings is 1. The van der Waals surface area contributed by atoms with E-state index in [1.807, 2.05) is 29.2 Å². The quantitative estimate of drug-likeness (QED) is 0.247. The lowest BCUT2D eigenvalue weighted by Crippen LogP contribution is -2.48. The van der Waals surface area contributed by atoms with Crippen molar-refractivity contribution in [2.24, 2.45) is 0 Å². The van der Waals surface area contributed by atoms with Gasteiger partial charge in [-0.1, -0.05) is 60.7 Å². The molecule has 4 aromatic rings. The number of hydrogen-bond acceptors (Lipinski definition) is 4. The second-order valence-corrected chi connectivity index (χ2v) is 10.3. The molecular formula is C34H39N3O3. The van der Waals surface area contributed by atoms with Crippen molar-refractivity contribution < 1.29 is 14.3 Å². The fourth-order valence-corrected chi connectivity index (χ4v) is 5.64. The molecule has 1 fully saturated rings. The predicted molar refractivity (Wildman–Crippen MR) is 162 cm³/mol. The van der Waals surface area contributed by atoms with E-state index in [2.05, 4.69) is 83.3 Å². The summed E-state index contributed by atoms with van der Waals surface area (Å²) >= 11 is 0. The van der Waals surface area contributed by atoms with Crippen molar-refractivity contribution in [1.29, 1.82) is 0 Å². The molecule has 1 saturated heterocycles. The maximum atomic E-state index is 13.8. The lowest BCUT2D eigenvalue weighted by molar-refractivity contribution is -0.133. The summed E-state index contributed by atoms with van der Waals surface area (Å²) in [5, 5.41) is 1.18. The van der Waals surface area contributed by atoms with E-state index >= 15 is 0 Å². The number of carbonyl (C=O) groups excluding carboxylic acids is 1. The molecule has 0 aliphatic carbocycles. The highest BCUT2D eigenvalue weighted by Gasteiger charge is 2.28. The second-order valence-electron chi connectivity index (χ2n) is 10.3. The van der Waals surface area contributed by atoms with Crippen molar-refractivity contribution in [3.8, 4) is 11.5 Å². The van der Waals surface area contributed by atoms with Crippen LogP contribution >= 0.6 is 0 Å². The van der Waals surface area contributed by atoms with Gasteiger partial charge in [-0.25, -0.2) is 0 Å². The van der Waals surface area contributed by atoms with Crippen molar-refractivity contribution in [3.63, 3.8) is 0 Å². The Bertz CT molecular complexity index is 1430. The third kappa shape index (κ3) is 6.23. The zero-order valence-corrected chi connectivity index (χ0v) is 23.8. The SMILES string of the molecule is CCn1cc(C(CC(=O)N2CCN(C/C=C/c3ccccc3)CC2)c2cc(OC)cc(OC)c2)c2ccccc21. The van der Waals surface area contributed by atoms with E-state index in [9.17, 15) is 4.79 Å². The van der Waals surface area contributed by atoms with Gasteiger partial charge in [0.15, 0.2) is 0 Å². The Morgan fingerprint density at radius 2 is 1.57 bits per heavy atom. The van der Waals surface area contributed by atoms with Crippen LogP contribution in [0.15, 0.2) is 85.1 Å². The van der Waals surface area contributed by atoms with Crippen LogP contribution in [0, 0.1) is 0 Å². The summed E-state index contributed by atoms with van der Waals surface area (Å²) in [5.74, 6) is 1.51. The molecule has 6 nitrogen and oxygen atoms in total. The van der Waals surface area contributed by atoms with Crippen LogP contribution in [0.4, 0.5) is 0 Å². The van der Waals surface area contributed by atoms with Crippen LogP contribution in [0.5, 0.6) is 11.5 Å². The number of benzene rings is 3. The Balaban J connectivity index is 1.35. The van der Waals surface area contributed by atoms with Crippen molar-refractivity contribution in [2.75, 3.05) is 46.9 Å². The van der Waals surface area contributed by atoms with Crippen LogP contribution in [0.25, 0.3) is 17.0 Å². The molecule has 40 heavy (non-hydrogen) atoms. The van der Waals surface area contributed by atoms with Gasteiger partial charge in [-0.05, 0) is 41.8 Å². The number of fused-ring (bicyclic) bond motifs is 1. The number of amides is 1. The first-order valence-electron chi connectivity index (χ1n) is 14.1. The van der Waals surface area contributed by atoms with Gasteiger partial charge in [0, 0.05) is 74.8 Å². The first kappa shape index (κ1) is 27.5. The number of methoxy groups -OCH3 is 2. The summed E-state index contributed by atoms with van der Waals surface area (Å²) in [6.07, 6.45) is 6.98. The molecule has 1 unspecified atom stereocenters. The molecule has 1 aromatic heterocycles. The monoisotopic (exact) mass is 537 g/mol. The van der Waals surface area contributed by atoms with Crippen LogP contribution < -0.4 is 9.47 Å². The minimum atomic E-state index is -0.124. The van der Waals surface area contributed by atoms with Crippen molar-refractivity contribution in [3.05, 3.63) is 102 Å². The van der Waals surface area contributed by atoms with E-state index in [1.165, 1.54) is 16.5 Å². The molecule has 3 aromatic carbocycles. The number of nitrogens with zero attached hydrogens (tertiary/aromatic N) is 3. The van der Waals surface area contributed by atoms with Crippen LogP contribution in [0.3, 0.4) is 0 Å². The number of aryl methyl sites for hydroxylation is 1. The van der Waals surface area contributed by atoms with E-state index in [-0.39, 0.29) is 11.8 Å². The maximum Gasteiger partial charge on any atom is 0.223 e. The van der Waals surface area contributed by atoms with Gasteiger partial charge < -0.3 is 18.9 Å². The number of ether oxygens (including phenoxy) is 2. The van der Waals surface area contributed by atoms with Gasteiger partial charge in [-0.15, -0.1) is 0 Å². The summed E-state index contributed by atoms with van der Waals surface area (Å²) in [6, 6.07) is 24.8. The number of para-hydroxylation sites is 1. The van der Waals surface area contributed by atoms with Crippen LogP contribution in [0.2, 0.25) is 0 Å². The Kier molecular flexibility index (Phi) is 8.87. The second kappa shape index (κ2) is 12.9. The Labute approximate surface area is 237 Å². The summed E-state index contributed by atoms with van der Waals surface area (Å²) in [5.41, 5.74) is 4.57. The average molecular weight is 538 g/mol. The van der Waals surface area contributed by atoms with Gasteiger partial charge >= 0.3 is 0 Å². The van der Waals surface area contributed by atoms with Gasteiger partial charge in [0.05, 0.1) is 14.2 Å². The summed E-state index contributed by atoms with van der Waals surface area (Å²) in [4.78, 5) is 18.2. The predicted octanol–water partition coefficient (Wildman–Crippen LogP) is 6.06. The zero-order chi connectivity index (χ0) is 27.9. The number of aromatic nitrogens is 1. The molecule has 0 N–H and O–H groups in total. The topological polar surface area (TPSA) is 46.9 Å². The Morgan fingerprint density at radius 3 is 2.25 bits per heavy atom. The molecule has 6 heteroatoms.